The van der Waals surface area contributed by atoms with Crippen LogP contribution >= 0.6 is 0 Å². The number of likely N-dealkylation sites (tertiary alicyclic amines) is 1. The van der Waals surface area contributed by atoms with Crippen LogP contribution < -0.4 is 0 Å². The molecule has 0 N–H and O–H groups in total. The van der Waals surface area contributed by atoms with Crippen LogP contribution in [0.4, 0.5) is 0 Å². The Morgan fingerprint density at radius 3 is 2.91 bits per heavy atom. The molecule has 118 valence electrons. The second kappa shape index (κ2) is 6.58. The highest BCUT2D eigenvalue weighted by atomic mass is 16.5. The number of hydrogen-bond donors (Lipinski definition) is 0. The van der Waals surface area contributed by atoms with Gasteiger partial charge in [0.05, 0.1) is 6.54 Å². The topological polar surface area (TPSA) is 51.4 Å². The Balaban J connectivity index is 1.67. The average Bonchev–Trinajstić information content (AvgIpc) is 2.96. The summed E-state index contributed by atoms with van der Waals surface area (Å²) >= 11 is 0. The van der Waals surface area contributed by atoms with E-state index >= 15 is 0 Å². The maximum atomic E-state index is 5.31. The first-order chi connectivity index (χ1) is 10.7. The van der Waals surface area contributed by atoms with Crippen LogP contribution in [-0.2, 0) is 23.3 Å². The summed E-state index contributed by atoms with van der Waals surface area (Å²) in [6, 6.07) is 10.8. The number of benzene rings is 1. The Bertz CT molecular complexity index is 599. The molecular weight excluding hydrogens is 278 g/mol. The van der Waals surface area contributed by atoms with Gasteiger partial charge < -0.3 is 9.26 Å². The number of piperidine rings is 1. The molecule has 1 aliphatic rings. The zero-order valence-electron chi connectivity index (χ0n) is 13.3. The first-order valence-corrected chi connectivity index (χ1v) is 7.78. The molecule has 1 saturated heterocycles. The van der Waals surface area contributed by atoms with Crippen molar-refractivity contribution in [3.8, 4) is 0 Å². The Labute approximate surface area is 131 Å². The molecule has 22 heavy (non-hydrogen) atoms. The Morgan fingerprint density at radius 1 is 1.32 bits per heavy atom. The molecule has 5 heteroatoms. The standard InChI is InChI=1S/C17H23N3O2/c1-17(14-7-4-3-5-8-14)9-6-10-20(13-17)11-16-18-15(12-21-2)19-22-16/h3-5,7-8H,6,9-13H2,1-2H3. The van der Waals surface area contributed by atoms with E-state index in [2.05, 4.69) is 52.3 Å². The number of aromatic nitrogens is 2. The van der Waals surface area contributed by atoms with E-state index in [-0.39, 0.29) is 5.41 Å². The lowest BCUT2D eigenvalue weighted by atomic mass is 9.76. The van der Waals surface area contributed by atoms with Crippen LogP contribution in [0, 0.1) is 0 Å². The molecule has 1 aromatic carbocycles. The maximum absolute atomic E-state index is 5.31. The van der Waals surface area contributed by atoms with E-state index in [0.29, 0.717) is 24.9 Å². The lowest BCUT2D eigenvalue weighted by Gasteiger charge is -2.40. The van der Waals surface area contributed by atoms with Gasteiger partial charge in [0.1, 0.15) is 6.61 Å². The fraction of sp³-hybridized carbons (Fsp3) is 0.529. The molecule has 0 amide bonds. The predicted molar refractivity (Wildman–Crippen MR) is 83.3 cm³/mol. The van der Waals surface area contributed by atoms with Crippen LogP contribution in [0.3, 0.4) is 0 Å². The van der Waals surface area contributed by atoms with Gasteiger partial charge in [0.2, 0.25) is 5.89 Å². The van der Waals surface area contributed by atoms with Crippen molar-refractivity contribution in [1.29, 1.82) is 0 Å². The summed E-state index contributed by atoms with van der Waals surface area (Å²) in [7, 11) is 1.63. The highest BCUT2D eigenvalue weighted by Gasteiger charge is 2.33. The van der Waals surface area contributed by atoms with Crippen molar-refractivity contribution in [2.75, 3.05) is 20.2 Å². The lowest BCUT2D eigenvalue weighted by molar-refractivity contribution is 0.135. The molecule has 1 atom stereocenters. The predicted octanol–water partition coefficient (Wildman–Crippen LogP) is 2.77. The largest absolute Gasteiger partial charge is 0.377 e. The molecule has 1 aromatic heterocycles. The van der Waals surface area contributed by atoms with Gasteiger partial charge in [-0.2, -0.15) is 4.98 Å². The van der Waals surface area contributed by atoms with Gasteiger partial charge in [0.25, 0.3) is 0 Å². The van der Waals surface area contributed by atoms with Gasteiger partial charge >= 0.3 is 0 Å². The zero-order valence-corrected chi connectivity index (χ0v) is 13.3. The first-order valence-electron chi connectivity index (χ1n) is 7.78. The second-order valence-electron chi connectivity index (χ2n) is 6.28. The van der Waals surface area contributed by atoms with Crippen molar-refractivity contribution in [3.05, 3.63) is 47.6 Å². The van der Waals surface area contributed by atoms with Crippen LogP contribution in [-0.4, -0.2) is 35.2 Å². The molecule has 0 aliphatic carbocycles. The zero-order chi connectivity index (χ0) is 15.4. The molecule has 3 rings (SSSR count). The van der Waals surface area contributed by atoms with Crippen LogP contribution in [0.2, 0.25) is 0 Å². The Morgan fingerprint density at radius 2 is 2.14 bits per heavy atom. The molecule has 2 heterocycles. The van der Waals surface area contributed by atoms with E-state index in [4.69, 9.17) is 9.26 Å². The third kappa shape index (κ3) is 3.36. The normalized spacial score (nSPS) is 22.8. The van der Waals surface area contributed by atoms with Gasteiger partial charge in [0.15, 0.2) is 5.82 Å². The maximum Gasteiger partial charge on any atom is 0.240 e. The molecule has 2 aromatic rings. The van der Waals surface area contributed by atoms with Crippen molar-refractivity contribution >= 4 is 0 Å². The van der Waals surface area contributed by atoms with Crippen molar-refractivity contribution in [2.45, 2.75) is 38.3 Å². The summed E-state index contributed by atoms with van der Waals surface area (Å²) in [6.07, 6.45) is 2.40. The van der Waals surface area contributed by atoms with Gasteiger partial charge in [-0.3, -0.25) is 4.90 Å². The molecule has 5 nitrogen and oxygen atoms in total. The monoisotopic (exact) mass is 301 g/mol. The van der Waals surface area contributed by atoms with E-state index in [1.54, 1.807) is 7.11 Å². The SMILES string of the molecule is COCc1noc(CN2CCCC(C)(c3ccccc3)C2)n1. The van der Waals surface area contributed by atoms with Crippen LogP contribution in [0.25, 0.3) is 0 Å². The number of hydrogen-bond acceptors (Lipinski definition) is 5. The molecule has 1 fully saturated rings. The van der Waals surface area contributed by atoms with E-state index in [9.17, 15) is 0 Å². The summed E-state index contributed by atoms with van der Waals surface area (Å²) in [5.41, 5.74) is 1.60. The summed E-state index contributed by atoms with van der Waals surface area (Å²) < 4.78 is 10.3. The fourth-order valence-electron chi connectivity index (χ4n) is 3.29. The lowest BCUT2D eigenvalue weighted by Crippen LogP contribution is -2.43. The number of ether oxygens (including phenoxy) is 1. The molecule has 0 saturated carbocycles. The second-order valence-corrected chi connectivity index (χ2v) is 6.28. The third-order valence-corrected chi connectivity index (χ3v) is 4.39. The summed E-state index contributed by atoms with van der Waals surface area (Å²) in [4.78, 5) is 6.77. The van der Waals surface area contributed by atoms with Crippen LogP contribution in [0.15, 0.2) is 34.9 Å². The first kappa shape index (κ1) is 15.2. The fourth-order valence-corrected chi connectivity index (χ4v) is 3.29. The molecule has 0 bridgehead atoms. The highest BCUT2D eigenvalue weighted by molar-refractivity contribution is 5.25. The molecule has 1 unspecified atom stereocenters. The minimum absolute atomic E-state index is 0.189. The molecular formula is C17H23N3O2. The summed E-state index contributed by atoms with van der Waals surface area (Å²) in [5, 5.41) is 3.93. The molecule has 0 radical (unpaired) electrons. The Hall–Kier alpha value is -1.72. The van der Waals surface area contributed by atoms with E-state index in [1.165, 1.54) is 18.4 Å². The highest BCUT2D eigenvalue weighted by Crippen LogP contribution is 2.33. The van der Waals surface area contributed by atoms with Gasteiger partial charge in [-0.25, -0.2) is 0 Å². The molecule has 1 aliphatic heterocycles. The Kier molecular flexibility index (Phi) is 4.55. The average molecular weight is 301 g/mol. The van der Waals surface area contributed by atoms with Crippen molar-refractivity contribution < 1.29 is 9.26 Å². The van der Waals surface area contributed by atoms with Gasteiger partial charge in [-0.05, 0) is 24.9 Å². The third-order valence-electron chi connectivity index (χ3n) is 4.39. The summed E-state index contributed by atoms with van der Waals surface area (Å²) in [5.74, 6) is 1.28. The van der Waals surface area contributed by atoms with Gasteiger partial charge in [-0.15, -0.1) is 0 Å². The molecule has 0 spiro atoms. The minimum atomic E-state index is 0.189. The quantitative estimate of drug-likeness (QED) is 0.850. The number of rotatable bonds is 5. The van der Waals surface area contributed by atoms with Gasteiger partial charge in [0, 0.05) is 19.1 Å². The van der Waals surface area contributed by atoms with Crippen molar-refractivity contribution in [2.24, 2.45) is 0 Å². The van der Waals surface area contributed by atoms with Crippen molar-refractivity contribution in [3.63, 3.8) is 0 Å². The van der Waals surface area contributed by atoms with E-state index < -0.39 is 0 Å². The van der Waals surface area contributed by atoms with Crippen LogP contribution in [0.5, 0.6) is 0 Å². The number of methoxy groups -OCH3 is 1. The van der Waals surface area contributed by atoms with E-state index in [0.717, 1.165) is 13.1 Å². The van der Waals surface area contributed by atoms with Crippen molar-refractivity contribution in [1.82, 2.24) is 15.0 Å². The smallest absolute Gasteiger partial charge is 0.240 e. The minimum Gasteiger partial charge on any atom is -0.377 e. The number of nitrogens with zero attached hydrogens (tertiary/aromatic N) is 3. The summed E-state index contributed by atoms with van der Waals surface area (Å²) in [6.45, 7) is 5.53. The van der Waals surface area contributed by atoms with Gasteiger partial charge in [-0.1, -0.05) is 42.4 Å². The van der Waals surface area contributed by atoms with Crippen LogP contribution in [0.1, 0.15) is 37.0 Å². The van der Waals surface area contributed by atoms with E-state index in [1.807, 2.05) is 0 Å².